The molecule has 0 aliphatic rings. The Bertz CT molecular complexity index is 349. The Balaban J connectivity index is 2.55. The first-order valence-electron chi connectivity index (χ1n) is 4.60. The van der Waals surface area contributed by atoms with Gasteiger partial charge < -0.3 is 5.32 Å². The monoisotopic (exact) mass is 217 g/mol. The van der Waals surface area contributed by atoms with Gasteiger partial charge in [-0.25, -0.2) is 8.78 Å². The minimum Gasteiger partial charge on any atom is -0.345 e. The molecule has 84 valence electrons. The van der Waals surface area contributed by atoms with E-state index in [4.69, 9.17) is 0 Å². The van der Waals surface area contributed by atoms with Crippen molar-refractivity contribution in [1.82, 2.24) is 15.1 Å². The first-order chi connectivity index (χ1) is 6.96. The zero-order valence-corrected chi connectivity index (χ0v) is 8.63. The van der Waals surface area contributed by atoms with Crippen molar-refractivity contribution in [1.29, 1.82) is 0 Å². The second kappa shape index (κ2) is 4.37. The van der Waals surface area contributed by atoms with Gasteiger partial charge in [0, 0.05) is 19.7 Å². The summed E-state index contributed by atoms with van der Waals surface area (Å²) in [6.07, 6.45) is 1.14. The number of hydrogen-bond donors (Lipinski definition) is 1. The molecule has 6 heteroatoms. The SMILES string of the molecule is CCC(F)(F)CNC(=O)c1ccnn1C. The number of carbonyl (C=O) groups is 1. The van der Waals surface area contributed by atoms with Crippen molar-refractivity contribution in [2.75, 3.05) is 6.54 Å². The molecule has 1 N–H and O–H groups in total. The number of nitrogens with one attached hydrogen (secondary N) is 1. The number of amides is 1. The first-order valence-corrected chi connectivity index (χ1v) is 4.60. The summed E-state index contributed by atoms with van der Waals surface area (Å²) in [6.45, 7) is 0.726. The highest BCUT2D eigenvalue weighted by Crippen LogP contribution is 2.15. The summed E-state index contributed by atoms with van der Waals surface area (Å²) in [5, 5.41) is 5.94. The highest BCUT2D eigenvalue weighted by Gasteiger charge is 2.27. The van der Waals surface area contributed by atoms with Gasteiger partial charge in [0.1, 0.15) is 5.69 Å². The Kier molecular flexibility index (Phi) is 3.39. The van der Waals surface area contributed by atoms with Crippen LogP contribution in [0, 0.1) is 0 Å². The molecule has 0 bridgehead atoms. The van der Waals surface area contributed by atoms with Crippen LogP contribution in [0.4, 0.5) is 8.78 Å². The summed E-state index contributed by atoms with van der Waals surface area (Å²) in [5.41, 5.74) is 0.266. The molecule has 1 aromatic rings. The lowest BCUT2D eigenvalue weighted by Crippen LogP contribution is -2.36. The van der Waals surface area contributed by atoms with Crippen molar-refractivity contribution in [3.8, 4) is 0 Å². The van der Waals surface area contributed by atoms with Crippen molar-refractivity contribution >= 4 is 5.91 Å². The van der Waals surface area contributed by atoms with Crippen LogP contribution in [0.2, 0.25) is 0 Å². The standard InChI is InChI=1S/C9H13F2N3O/c1-3-9(10,11)6-12-8(15)7-4-5-13-14(7)2/h4-5H,3,6H2,1-2H3,(H,12,15). The highest BCUT2D eigenvalue weighted by atomic mass is 19.3. The number of aryl methyl sites for hydroxylation is 1. The van der Waals surface area contributed by atoms with Gasteiger partial charge in [-0.2, -0.15) is 5.10 Å². The van der Waals surface area contributed by atoms with E-state index >= 15 is 0 Å². The van der Waals surface area contributed by atoms with Crippen LogP contribution in [0.5, 0.6) is 0 Å². The Morgan fingerprint density at radius 3 is 2.80 bits per heavy atom. The number of rotatable bonds is 4. The van der Waals surface area contributed by atoms with E-state index in [0.29, 0.717) is 0 Å². The zero-order valence-electron chi connectivity index (χ0n) is 8.63. The average Bonchev–Trinajstić information content (AvgIpc) is 2.61. The van der Waals surface area contributed by atoms with Crippen molar-refractivity contribution in [2.45, 2.75) is 19.3 Å². The van der Waals surface area contributed by atoms with Gasteiger partial charge in [0.25, 0.3) is 11.8 Å². The van der Waals surface area contributed by atoms with Gasteiger partial charge in [-0.3, -0.25) is 9.48 Å². The van der Waals surface area contributed by atoms with E-state index in [1.54, 1.807) is 7.05 Å². The molecule has 0 radical (unpaired) electrons. The molecule has 0 saturated carbocycles. The molecule has 1 amide bonds. The van der Waals surface area contributed by atoms with Gasteiger partial charge in [0.05, 0.1) is 6.54 Å². The van der Waals surface area contributed by atoms with Crippen LogP contribution in [-0.4, -0.2) is 28.2 Å². The van der Waals surface area contributed by atoms with E-state index in [9.17, 15) is 13.6 Å². The molecule has 0 unspecified atom stereocenters. The minimum absolute atomic E-state index is 0.266. The third-order valence-corrected chi connectivity index (χ3v) is 2.08. The molecule has 0 saturated heterocycles. The van der Waals surface area contributed by atoms with Crippen LogP contribution in [0.25, 0.3) is 0 Å². The maximum absolute atomic E-state index is 12.8. The minimum atomic E-state index is -2.85. The van der Waals surface area contributed by atoms with Gasteiger partial charge in [-0.05, 0) is 6.07 Å². The van der Waals surface area contributed by atoms with Crippen LogP contribution < -0.4 is 5.32 Å². The second-order valence-electron chi connectivity index (χ2n) is 3.23. The number of alkyl halides is 2. The summed E-state index contributed by atoms with van der Waals surface area (Å²) in [4.78, 5) is 11.4. The van der Waals surface area contributed by atoms with E-state index in [2.05, 4.69) is 10.4 Å². The number of nitrogens with zero attached hydrogens (tertiary/aromatic N) is 2. The summed E-state index contributed by atoms with van der Waals surface area (Å²) < 4.78 is 27.0. The van der Waals surface area contributed by atoms with Gasteiger partial charge >= 0.3 is 0 Å². The van der Waals surface area contributed by atoms with Gasteiger partial charge in [0.15, 0.2) is 0 Å². The third-order valence-electron chi connectivity index (χ3n) is 2.08. The summed E-state index contributed by atoms with van der Waals surface area (Å²) >= 11 is 0. The molecule has 4 nitrogen and oxygen atoms in total. The molecule has 15 heavy (non-hydrogen) atoms. The Hall–Kier alpha value is -1.46. The Labute approximate surface area is 86.3 Å². The Morgan fingerprint density at radius 1 is 1.67 bits per heavy atom. The quantitative estimate of drug-likeness (QED) is 0.823. The number of aromatic nitrogens is 2. The topological polar surface area (TPSA) is 46.9 Å². The highest BCUT2D eigenvalue weighted by molar-refractivity contribution is 5.92. The fourth-order valence-electron chi connectivity index (χ4n) is 1.02. The molecular formula is C9H13F2N3O. The lowest BCUT2D eigenvalue weighted by molar-refractivity contribution is -0.00110. The molecule has 1 rings (SSSR count). The maximum Gasteiger partial charge on any atom is 0.269 e. The smallest absolute Gasteiger partial charge is 0.269 e. The first kappa shape index (κ1) is 11.6. The molecule has 0 aliphatic carbocycles. The molecule has 0 atom stereocenters. The van der Waals surface area contributed by atoms with Crippen LogP contribution in [0.15, 0.2) is 12.3 Å². The van der Waals surface area contributed by atoms with Gasteiger partial charge in [-0.1, -0.05) is 6.92 Å². The van der Waals surface area contributed by atoms with E-state index in [1.807, 2.05) is 0 Å². The predicted octanol–water partition coefficient (Wildman–Crippen LogP) is 1.20. The zero-order chi connectivity index (χ0) is 11.5. The van der Waals surface area contributed by atoms with Gasteiger partial charge in [-0.15, -0.1) is 0 Å². The van der Waals surface area contributed by atoms with Crippen LogP contribution in [-0.2, 0) is 7.05 Å². The number of carbonyl (C=O) groups excluding carboxylic acids is 1. The molecule has 1 heterocycles. The van der Waals surface area contributed by atoms with Crippen LogP contribution >= 0.6 is 0 Å². The number of hydrogen-bond acceptors (Lipinski definition) is 2. The van der Waals surface area contributed by atoms with Crippen molar-refractivity contribution in [3.63, 3.8) is 0 Å². The van der Waals surface area contributed by atoms with Crippen LogP contribution in [0.3, 0.4) is 0 Å². The van der Waals surface area contributed by atoms with Crippen molar-refractivity contribution in [2.24, 2.45) is 7.05 Å². The summed E-state index contributed by atoms with van der Waals surface area (Å²) in [5.74, 6) is -3.39. The van der Waals surface area contributed by atoms with E-state index in [-0.39, 0.29) is 12.1 Å². The predicted molar refractivity (Wildman–Crippen MR) is 50.8 cm³/mol. The maximum atomic E-state index is 12.8. The molecule has 0 fully saturated rings. The second-order valence-corrected chi connectivity index (χ2v) is 3.23. The van der Waals surface area contributed by atoms with E-state index in [0.717, 1.165) is 0 Å². The largest absolute Gasteiger partial charge is 0.345 e. The number of halogens is 2. The van der Waals surface area contributed by atoms with E-state index < -0.39 is 18.4 Å². The fourth-order valence-corrected chi connectivity index (χ4v) is 1.02. The van der Waals surface area contributed by atoms with Crippen molar-refractivity contribution < 1.29 is 13.6 Å². The lowest BCUT2D eigenvalue weighted by atomic mass is 10.2. The van der Waals surface area contributed by atoms with Crippen LogP contribution in [0.1, 0.15) is 23.8 Å². The molecule has 0 aromatic carbocycles. The third kappa shape index (κ3) is 3.00. The average molecular weight is 217 g/mol. The molecular weight excluding hydrogens is 204 g/mol. The Morgan fingerprint density at radius 2 is 2.33 bits per heavy atom. The van der Waals surface area contributed by atoms with Gasteiger partial charge in [0.2, 0.25) is 0 Å². The summed E-state index contributed by atoms with van der Waals surface area (Å²) in [6, 6.07) is 1.47. The fraction of sp³-hybridized carbons (Fsp3) is 0.556. The molecule has 1 aromatic heterocycles. The molecule has 0 spiro atoms. The van der Waals surface area contributed by atoms with Crippen molar-refractivity contribution in [3.05, 3.63) is 18.0 Å². The normalized spacial score (nSPS) is 11.5. The lowest BCUT2D eigenvalue weighted by Gasteiger charge is -2.14. The molecule has 0 aliphatic heterocycles. The van der Waals surface area contributed by atoms with E-state index in [1.165, 1.54) is 23.9 Å². The summed E-state index contributed by atoms with van der Waals surface area (Å²) in [7, 11) is 1.58.